The van der Waals surface area contributed by atoms with Crippen molar-refractivity contribution >= 4 is 11.9 Å². The van der Waals surface area contributed by atoms with E-state index >= 15 is 0 Å². The average molecular weight is 203 g/mol. The molecule has 0 unspecified atom stereocenters. The zero-order valence-corrected chi connectivity index (χ0v) is 8.78. The summed E-state index contributed by atoms with van der Waals surface area (Å²) in [6, 6.07) is 0. The summed E-state index contributed by atoms with van der Waals surface area (Å²) in [5, 5.41) is 17.2. The van der Waals surface area contributed by atoms with Gasteiger partial charge in [0.05, 0.1) is 13.1 Å². The predicted molar refractivity (Wildman–Crippen MR) is 51.2 cm³/mol. The van der Waals surface area contributed by atoms with Gasteiger partial charge in [-0.15, -0.1) is 0 Å². The first-order valence-corrected chi connectivity index (χ1v) is 4.48. The zero-order chi connectivity index (χ0) is 11.4. The van der Waals surface area contributed by atoms with Crippen molar-refractivity contribution < 1.29 is 19.8 Å². The number of carboxylic acids is 2. The van der Waals surface area contributed by atoms with E-state index < -0.39 is 17.5 Å². The zero-order valence-electron chi connectivity index (χ0n) is 8.78. The van der Waals surface area contributed by atoms with E-state index in [1.54, 1.807) is 0 Å². The van der Waals surface area contributed by atoms with Crippen LogP contribution in [0.3, 0.4) is 0 Å². The van der Waals surface area contributed by atoms with Crippen LogP contribution in [-0.4, -0.2) is 45.7 Å². The maximum absolute atomic E-state index is 10.5. The molecule has 0 aliphatic rings. The van der Waals surface area contributed by atoms with Gasteiger partial charge in [-0.1, -0.05) is 6.92 Å². The number of rotatable bonds is 6. The molecule has 2 N–H and O–H groups in total. The molecule has 0 aromatic rings. The fourth-order valence-corrected chi connectivity index (χ4v) is 1.03. The molecule has 0 fully saturated rings. The van der Waals surface area contributed by atoms with E-state index in [-0.39, 0.29) is 13.1 Å². The third-order valence-electron chi connectivity index (χ3n) is 2.37. The van der Waals surface area contributed by atoms with Crippen molar-refractivity contribution in [2.75, 3.05) is 13.1 Å². The van der Waals surface area contributed by atoms with Crippen molar-refractivity contribution in [1.29, 1.82) is 0 Å². The molecule has 0 aromatic heterocycles. The summed E-state index contributed by atoms with van der Waals surface area (Å²) in [4.78, 5) is 22.5. The Hall–Kier alpha value is -1.10. The van der Waals surface area contributed by atoms with E-state index in [0.29, 0.717) is 6.42 Å². The number of carboxylic acid groups (broad SMARTS) is 2. The highest BCUT2D eigenvalue weighted by atomic mass is 16.4. The predicted octanol–water partition coefficient (Wildman–Crippen LogP) is 0.646. The largest absolute Gasteiger partial charge is 0.480 e. The van der Waals surface area contributed by atoms with Gasteiger partial charge in [-0.05, 0) is 20.3 Å². The lowest BCUT2D eigenvalue weighted by atomic mass is 9.99. The maximum Gasteiger partial charge on any atom is 0.317 e. The van der Waals surface area contributed by atoms with Crippen LogP contribution in [0, 0.1) is 0 Å². The lowest BCUT2D eigenvalue weighted by molar-refractivity contribution is -0.144. The number of carbonyl (C=O) groups is 2. The van der Waals surface area contributed by atoms with Crippen LogP contribution in [0.25, 0.3) is 0 Å². The Balaban J connectivity index is 4.53. The molecule has 82 valence electrons. The van der Waals surface area contributed by atoms with E-state index in [0.717, 1.165) is 0 Å². The molecular formula is C9H17NO4. The molecule has 0 atom stereocenters. The molecule has 0 rings (SSSR count). The normalized spacial score (nSPS) is 11.7. The summed E-state index contributed by atoms with van der Waals surface area (Å²) in [5.74, 6) is -2.01. The summed E-state index contributed by atoms with van der Waals surface area (Å²) in [6.45, 7) is 5.08. The van der Waals surface area contributed by atoms with Crippen molar-refractivity contribution in [3.63, 3.8) is 0 Å². The highest BCUT2D eigenvalue weighted by Crippen LogP contribution is 2.17. The van der Waals surface area contributed by atoms with Crippen LogP contribution in [0.5, 0.6) is 0 Å². The molecule has 14 heavy (non-hydrogen) atoms. The van der Waals surface area contributed by atoms with Gasteiger partial charge in [-0.2, -0.15) is 0 Å². The van der Waals surface area contributed by atoms with E-state index in [9.17, 15) is 9.59 Å². The number of hydrogen-bond acceptors (Lipinski definition) is 3. The van der Waals surface area contributed by atoms with E-state index in [2.05, 4.69) is 0 Å². The van der Waals surface area contributed by atoms with Gasteiger partial charge in [0.25, 0.3) is 0 Å². The SMILES string of the molecule is CCC(C)(C)N(CC(=O)O)CC(=O)O. The van der Waals surface area contributed by atoms with Crippen molar-refractivity contribution in [2.24, 2.45) is 0 Å². The molecule has 0 aromatic carbocycles. The van der Waals surface area contributed by atoms with Gasteiger partial charge < -0.3 is 10.2 Å². The molecule has 0 aliphatic heterocycles. The first kappa shape index (κ1) is 12.9. The summed E-state index contributed by atoms with van der Waals surface area (Å²) < 4.78 is 0. The molecule has 0 spiro atoms. The molecule has 0 saturated carbocycles. The topological polar surface area (TPSA) is 77.8 Å². The fourth-order valence-electron chi connectivity index (χ4n) is 1.03. The quantitative estimate of drug-likeness (QED) is 0.662. The summed E-state index contributed by atoms with van der Waals surface area (Å²) in [6.07, 6.45) is 0.702. The Morgan fingerprint density at radius 1 is 1.14 bits per heavy atom. The number of nitrogens with zero attached hydrogens (tertiary/aromatic N) is 1. The first-order chi connectivity index (χ1) is 6.29. The molecule has 0 amide bonds. The lowest BCUT2D eigenvalue weighted by Gasteiger charge is -2.35. The van der Waals surface area contributed by atoms with Gasteiger partial charge in [0.1, 0.15) is 0 Å². The highest BCUT2D eigenvalue weighted by molar-refractivity contribution is 5.72. The average Bonchev–Trinajstić information content (AvgIpc) is 2.01. The third-order valence-corrected chi connectivity index (χ3v) is 2.37. The minimum absolute atomic E-state index is 0.243. The highest BCUT2D eigenvalue weighted by Gasteiger charge is 2.28. The van der Waals surface area contributed by atoms with Crippen molar-refractivity contribution in [1.82, 2.24) is 4.90 Å². The van der Waals surface area contributed by atoms with Crippen molar-refractivity contribution in [3.8, 4) is 0 Å². The Bertz CT molecular complexity index is 209. The Morgan fingerprint density at radius 2 is 1.50 bits per heavy atom. The molecule has 0 aliphatic carbocycles. The van der Waals surface area contributed by atoms with E-state index in [1.807, 2.05) is 20.8 Å². The smallest absolute Gasteiger partial charge is 0.317 e. The number of hydrogen-bond donors (Lipinski definition) is 2. The Kier molecular flexibility index (Phi) is 4.56. The van der Waals surface area contributed by atoms with Gasteiger partial charge in [0.15, 0.2) is 0 Å². The van der Waals surface area contributed by atoms with Gasteiger partial charge >= 0.3 is 11.9 Å². The monoisotopic (exact) mass is 203 g/mol. The molecule has 5 heteroatoms. The number of aliphatic carboxylic acids is 2. The van der Waals surface area contributed by atoms with Gasteiger partial charge in [-0.3, -0.25) is 14.5 Å². The van der Waals surface area contributed by atoms with Gasteiger partial charge in [-0.25, -0.2) is 0 Å². The summed E-state index contributed by atoms with van der Waals surface area (Å²) in [7, 11) is 0. The second-order valence-electron chi connectivity index (χ2n) is 3.81. The third kappa shape index (κ3) is 4.23. The van der Waals surface area contributed by atoms with Crippen LogP contribution in [0.1, 0.15) is 27.2 Å². The molecule has 0 heterocycles. The van der Waals surface area contributed by atoms with E-state index in [1.165, 1.54) is 4.90 Å². The summed E-state index contributed by atoms with van der Waals surface area (Å²) >= 11 is 0. The van der Waals surface area contributed by atoms with Gasteiger partial charge in [0.2, 0.25) is 0 Å². The van der Waals surface area contributed by atoms with Crippen molar-refractivity contribution in [3.05, 3.63) is 0 Å². The Labute approximate surface area is 83.3 Å². The second-order valence-corrected chi connectivity index (χ2v) is 3.81. The minimum atomic E-state index is -1.01. The van der Waals surface area contributed by atoms with Crippen molar-refractivity contribution in [2.45, 2.75) is 32.7 Å². The van der Waals surface area contributed by atoms with Crippen LogP contribution in [0.15, 0.2) is 0 Å². The van der Waals surface area contributed by atoms with Crippen LogP contribution < -0.4 is 0 Å². The standard InChI is InChI=1S/C9H17NO4/c1-4-9(2,3)10(5-7(11)12)6-8(13)14/h4-6H2,1-3H3,(H,11,12)(H,13,14). The first-order valence-electron chi connectivity index (χ1n) is 4.48. The molecule has 0 saturated heterocycles. The van der Waals surface area contributed by atoms with Crippen LogP contribution in [0.2, 0.25) is 0 Å². The Morgan fingerprint density at radius 3 is 1.71 bits per heavy atom. The molecule has 5 nitrogen and oxygen atoms in total. The second kappa shape index (κ2) is 4.95. The van der Waals surface area contributed by atoms with Crippen LogP contribution >= 0.6 is 0 Å². The van der Waals surface area contributed by atoms with Crippen LogP contribution in [-0.2, 0) is 9.59 Å². The maximum atomic E-state index is 10.5. The lowest BCUT2D eigenvalue weighted by Crippen LogP contribution is -2.48. The van der Waals surface area contributed by atoms with E-state index in [4.69, 9.17) is 10.2 Å². The minimum Gasteiger partial charge on any atom is -0.480 e. The summed E-state index contributed by atoms with van der Waals surface area (Å²) in [5.41, 5.74) is -0.406. The van der Waals surface area contributed by atoms with Gasteiger partial charge in [0, 0.05) is 5.54 Å². The molecule has 0 bridgehead atoms. The van der Waals surface area contributed by atoms with Crippen LogP contribution in [0.4, 0.5) is 0 Å². The fraction of sp³-hybridized carbons (Fsp3) is 0.778. The molecule has 0 radical (unpaired) electrons. The molecular weight excluding hydrogens is 186 g/mol.